The van der Waals surface area contributed by atoms with Crippen molar-refractivity contribution in [3.63, 3.8) is 0 Å². The van der Waals surface area contributed by atoms with Crippen LogP contribution in [0.1, 0.15) is 32.8 Å². The molecule has 1 fully saturated rings. The Kier molecular flexibility index (Phi) is 4.10. The normalized spacial score (nSPS) is 21.2. The average molecular weight is 367 g/mol. The second-order valence-electron chi connectivity index (χ2n) is 7.08. The molecule has 1 saturated heterocycles. The molecule has 2 heterocycles. The van der Waals surface area contributed by atoms with Crippen LogP contribution in [0, 0.1) is 0 Å². The summed E-state index contributed by atoms with van der Waals surface area (Å²) in [5.74, 6) is 0. The zero-order valence-electron chi connectivity index (χ0n) is 13.4. The van der Waals surface area contributed by atoms with E-state index in [4.69, 9.17) is 4.74 Å². The quantitative estimate of drug-likeness (QED) is 0.699. The molecule has 120 valence electrons. The van der Waals surface area contributed by atoms with Crippen molar-refractivity contribution in [3.8, 4) is 0 Å². The zero-order chi connectivity index (χ0) is 15.9. The van der Waals surface area contributed by atoms with Gasteiger partial charge in [-0.1, -0.05) is 15.9 Å². The fourth-order valence-electron chi connectivity index (χ4n) is 3.27. The van der Waals surface area contributed by atoms with Gasteiger partial charge >= 0.3 is 6.09 Å². The fourth-order valence-corrected chi connectivity index (χ4v) is 3.68. The standard InChI is InChI=1S/C17H23BrN2O2/c1-17(2,3)22-16(21)19-7-6-14-11-12-10-13(18)4-5-15(12)20(14)9-8-19/h4-5,10,14H,6-9,11H2,1-3H3. The minimum absolute atomic E-state index is 0.190. The summed E-state index contributed by atoms with van der Waals surface area (Å²) in [7, 11) is 0. The van der Waals surface area contributed by atoms with Gasteiger partial charge in [0.2, 0.25) is 0 Å². The van der Waals surface area contributed by atoms with Crippen molar-refractivity contribution >= 4 is 27.7 Å². The first-order valence-corrected chi connectivity index (χ1v) is 8.66. The van der Waals surface area contributed by atoms with Crippen molar-refractivity contribution in [1.29, 1.82) is 0 Å². The molecule has 0 radical (unpaired) electrons. The molecular formula is C17H23BrN2O2. The predicted molar refractivity (Wildman–Crippen MR) is 91.4 cm³/mol. The first kappa shape index (κ1) is 15.7. The van der Waals surface area contributed by atoms with Gasteiger partial charge in [-0.2, -0.15) is 0 Å². The van der Waals surface area contributed by atoms with E-state index in [-0.39, 0.29) is 6.09 Å². The second kappa shape index (κ2) is 5.76. The van der Waals surface area contributed by atoms with E-state index in [0.29, 0.717) is 6.04 Å². The van der Waals surface area contributed by atoms with Crippen LogP contribution in [0.2, 0.25) is 0 Å². The Morgan fingerprint density at radius 2 is 2.05 bits per heavy atom. The van der Waals surface area contributed by atoms with E-state index < -0.39 is 5.60 Å². The third-order valence-corrected chi connectivity index (χ3v) is 4.74. The molecule has 1 aromatic carbocycles. The number of hydrogen-bond donors (Lipinski definition) is 0. The van der Waals surface area contributed by atoms with Gasteiger partial charge in [-0.15, -0.1) is 0 Å². The maximum Gasteiger partial charge on any atom is 0.410 e. The summed E-state index contributed by atoms with van der Waals surface area (Å²) in [6.45, 7) is 8.10. The Morgan fingerprint density at radius 1 is 1.27 bits per heavy atom. The third-order valence-electron chi connectivity index (χ3n) is 4.24. The molecule has 3 rings (SSSR count). The van der Waals surface area contributed by atoms with Crippen LogP contribution in [-0.2, 0) is 11.2 Å². The number of nitrogens with zero attached hydrogens (tertiary/aromatic N) is 2. The molecule has 0 saturated carbocycles. The maximum atomic E-state index is 12.3. The van der Waals surface area contributed by atoms with Crippen LogP contribution in [0.15, 0.2) is 22.7 Å². The third kappa shape index (κ3) is 3.24. The number of benzene rings is 1. The summed E-state index contributed by atoms with van der Waals surface area (Å²) in [5, 5.41) is 0. The summed E-state index contributed by atoms with van der Waals surface area (Å²) in [4.78, 5) is 16.6. The summed E-state index contributed by atoms with van der Waals surface area (Å²) in [6, 6.07) is 6.99. The number of fused-ring (bicyclic) bond motifs is 3. The Hall–Kier alpha value is -1.23. The molecular weight excluding hydrogens is 344 g/mol. The number of anilines is 1. The Balaban J connectivity index is 1.70. The molecule has 1 aromatic rings. The first-order chi connectivity index (χ1) is 10.3. The lowest BCUT2D eigenvalue weighted by Gasteiger charge is -2.27. The van der Waals surface area contributed by atoms with Crippen LogP contribution in [0.4, 0.5) is 10.5 Å². The number of carbonyl (C=O) groups excluding carboxylic acids is 1. The molecule has 2 aliphatic rings. The molecule has 22 heavy (non-hydrogen) atoms. The van der Waals surface area contributed by atoms with Crippen LogP contribution in [-0.4, -0.2) is 42.3 Å². The molecule has 1 atom stereocenters. The van der Waals surface area contributed by atoms with Crippen LogP contribution < -0.4 is 4.90 Å². The molecule has 2 aliphatic heterocycles. The van der Waals surface area contributed by atoms with Crippen molar-refractivity contribution in [2.24, 2.45) is 0 Å². The van der Waals surface area contributed by atoms with Crippen molar-refractivity contribution in [2.75, 3.05) is 24.5 Å². The largest absolute Gasteiger partial charge is 0.444 e. The van der Waals surface area contributed by atoms with E-state index in [1.165, 1.54) is 11.3 Å². The summed E-state index contributed by atoms with van der Waals surface area (Å²) in [5.41, 5.74) is 2.29. The van der Waals surface area contributed by atoms with Crippen LogP contribution in [0.3, 0.4) is 0 Å². The van der Waals surface area contributed by atoms with E-state index in [1.54, 1.807) is 0 Å². The monoisotopic (exact) mass is 366 g/mol. The van der Waals surface area contributed by atoms with Gasteiger partial charge in [0.05, 0.1) is 0 Å². The first-order valence-electron chi connectivity index (χ1n) is 7.86. The SMILES string of the molecule is CC(C)(C)OC(=O)N1CCC2Cc3cc(Br)ccc3N2CC1. The van der Waals surface area contributed by atoms with Crippen LogP contribution in [0.5, 0.6) is 0 Å². The van der Waals surface area contributed by atoms with Crippen molar-refractivity contribution < 1.29 is 9.53 Å². The number of halogens is 1. The van der Waals surface area contributed by atoms with Gasteiger partial charge < -0.3 is 14.5 Å². The van der Waals surface area contributed by atoms with Gasteiger partial charge in [-0.05, 0) is 57.4 Å². The maximum absolute atomic E-state index is 12.3. The van der Waals surface area contributed by atoms with Gasteiger partial charge in [-0.3, -0.25) is 0 Å². The van der Waals surface area contributed by atoms with Crippen LogP contribution >= 0.6 is 15.9 Å². The summed E-state index contributed by atoms with van der Waals surface area (Å²) >= 11 is 3.55. The average Bonchev–Trinajstić information content (AvgIpc) is 2.60. The number of rotatable bonds is 0. The van der Waals surface area contributed by atoms with E-state index in [1.807, 2.05) is 25.7 Å². The van der Waals surface area contributed by atoms with Gasteiger partial charge in [0.15, 0.2) is 0 Å². The highest BCUT2D eigenvalue weighted by molar-refractivity contribution is 9.10. The van der Waals surface area contributed by atoms with Gasteiger partial charge in [0.25, 0.3) is 0 Å². The van der Waals surface area contributed by atoms with Crippen molar-refractivity contribution in [3.05, 3.63) is 28.2 Å². The Labute approximate surface area is 140 Å². The molecule has 4 nitrogen and oxygen atoms in total. The van der Waals surface area contributed by atoms with E-state index >= 15 is 0 Å². The highest BCUT2D eigenvalue weighted by Gasteiger charge is 2.33. The van der Waals surface area contributed by atoms with Crippen LogP contribution in [0.25, 0.3) is 0 Å². The number of ether oxygens (including phenoxy) is 1. The van der Waals surface area contributed by atoms with E-state index in [2.05, 4.69) is 39.0 Å². The summed E-state index contributed by atoms with van der Waals surface area (Å²) in [6.07, 6.45) is 1.87. The Morgan fingerprint density at radius 3 is 2.77 bits per heavy atom. The lowest BCUT2D eigenvalue weighted by molar-refractivity contribution is 0.0262. The minimum Gasteiger partial charge on any atom is -0.444 e. The molecule has 0 aliphatic carbocycles. The number of amides is 1. The molecule has 0 spiro atoms. The van der Waals surface area contributed by atoms with Crippen molar-refractivity contribution in [1.82, 2.24) is 4.90 Å². The lowest BCUT2D eigenvalue weighted by Crippen LogP contribution is -2.39. The fraction of sp³-hybridized carbons (Fsp3) is 0.588. The molecule has 1 unspecified atom stereocenters. The molecule has 0 aromatic heterocycles. The molecule has 0 bridgehead atoms. The highest BCUT2D eigenvalue weighted by Crippen LogP contribution is 2.36. The molecule has 1 amide bonds. The molecule has 0 N–H and O–H groups in total. The second-order valence-corrected chi connectivity index (χ2v) is 8.00. The highest BCUT2D eigenvalue weighted by atomic mass is 79.9. The number of carbonyl (C=O) groups is 1. The lowest BCUT2D eigenvalue weighted by atomic mass is 10.1. The molecule has 5 heteroatoms. The predicted octanol–water partition coefficient (Wildman–Crippen LogP) is 3.82. The van der Waals surface area contributed by atoms with E-state index in [9.17, 15) is 4.79 Å². The topological polar surface area (TPSA) is 32.8 Å². The zero-order valence-corrected chi connectivity index (χ0v) is 15.0. The minimum atomic E-state index is -0.432. The Bertz CT molecular complexity index is 583. The van der Waals surface area contributed by atoms with E-state index in [0.717, 1.165) is 36.9 Å². The number of hydrogen-bond acceptors (Lipinski definition) is 3. The van der Waals surface area contributed by atoms with Gasteiger partial charge in [-0.25, -0.2) is 4.79 Å². The van der Waals surface area contributed by atoms with Gasteiger partial charge in [0, 0.05) is 35.8 Å². The smallest absolute Gasteiger partial charge is 0.410 e. The van der Waals surface area contributed by atoms with Gasteiger partial charge in [0.1, 0.15) is 5.60 Å². The van der Waals surface area contributed by atoms with Crippen molar-refractivity contribution in [2.45, 2.75) is 45.3 Å². The summed E-state index contributed by atoms with van der Waals surface area (Å²) < 4.78 is 6.64.